The molecule has 2 unspecified atom stereocenters. The van der Waals surface area contributed by atoms with Gasteiger partial charge in [0, 0.05) is 5.92 Å². The SMILES string of the molecule is NCC1CCC(C=O)C1. The molecule has 0 saturated heterocycles. The summed E-state index contributed by atoms with van der Waals surface area (Å²) in [5, 5.41) is 0. The molecular weight excluding hydrogens is 114 g/mol. The van der Waals surface area contributed by atoms with Gasteiger partial charge in [0.15, 0.2) is 0 Å². The molecule has 2 heteroatoms. The van der Waals surface area contributed by atoms with E-state index in [9.17, 15) is 4.79 Å². The first-order valence-electron chi connectivity index (χ1n) is 3.52. The fourth-order valence-electron chi connectivity index (χ4n) is 1.45. The van der Waals surface area contributed by atoms with E-state index in [2.05, 4.69) is 0 Å². The molecular formula is C7H13NO. The predicted molar refractivity (Wildman–Crippen MR) is 35.9 cm³/mol. The van der Waals surface area contributed by atoms with E-state index in [1.165, 1.54) is 0 Å². The molecule has 1 aliphatic carbocycles. The summed E-state index contributed by atoms with van der Waals surface area (Å²) in [4.78, 5) is 10.2. The zero-order valence-electron chi connectivity index (χ0n) is 5.55. The Kier molecular flexibility index (Phi) is 2.22. The van der Waals surface area contributed by atoms with Crippen molar-refractivity contribution in [3.8, 4) is 0 Å². The van der Waals surface area contributed by atoms with Gasteiger partial charge in [-0.2, -0.15) is 0 Å². The van der Waals surface area contributed by atoms with Gasteiger partial charge in [-0.1, -0.05) is 0 Å². The molecule has 0 radical (unpaired) electrons. The highest BCUT2D eigenvalue weighted by Gasteiger charge is 2.22. The van der Waals surface area contributed by atoms with E-state index >= 15 is 0 Å². The standard InChI is InChI=1S/C7H13NO/c8-4-6-1-2-7(3-6)5-9/h5-7H,1-4,8H2. The average molecular weight is 127 g/mol. The third-order valence-electron chi connectivity index (χ3n) is 2.11. The van der Waals surface area contributed by atoms with Crippen LogP contribution in [0.3, 0.4) is 0 Å². The summed E-state index contributed by atoms with van der Waals surface area (Å²) < 4.78 is 0. The van der Waals surface area contributed by atoms with Crippen LogP contribution in [-0.4, -0.2) is 12.8 Å². The minimum absolute atomic E-state index is 0.318. The molecule has 52 valence electrons. The molecule has 0 heterocycles. The van der Waals surface area contributed by atoms with Crippen LogP contribution in [0.2, 0.25) is 0 Å². The molecule has 1 rings (SSSR count). The van der Waals surface area contributed by atoms with Crippen molar-refractivity contribution in [1.82, 2.24) is 0 Å². The number of rotatable bonds is 2. The maximum Gasteiger partial charge on any atom is 0.123 e. The molecule has 2 atom stereocenters. The van der Waals surface area contributed by atoms with Gasteiger partial charge in [0.2, 0.25) is 0 Å². The molecule has 0 aliphatic heterocycles. The summed E-state index contributed by atoms with van der Waals surface area (Å²) in [5.74, 6) is 0.943. The molecule has 1 fully saturated rings. The van der Waals surface area contributed by atoms with Gasteiger partial charge in [-0.05, 0) is 31.7 Å². The lowest BCUT2D eigenvalue weighted by molar-refractivity contribution is -0.110. The molecule has 0 bridgehead atoms. The van der Waals surface area contributed by atoms with Crippen molar-refractivity contribution in [1.29, 1.82) is 0 Å². The molecule has 0 aromatic carbocycles. The average Bonchev–Trinajstić information content (AvgIpc) is 2.34. The van der Waals surface area contributed by atoms with E-state index < -0.39 is 0 Å². The van der Waals surface area contributed by atoms with Crippen LogP contribution in [0.15, 0.2) is 0 Å². The number of hydrogen-bond donors (Lipinski definition) is 1. The molecule has 1 aliphatic rings. The quantitative estimate of drug-likeness (QED) is 0.551. The van der Waals surface area contributed by atoms with Crippen LogP contribution < -0.4 is 5.73 Å². The Morgan fingerprint density at radius 2 is 2.33 bits per heavy atom. The maximum atomic E-state index is 10.2. The second kappa shape index (κ2) is 2.97. The minimum atomic E-state index is 0.318. The molecule has 9 heavy (non-hydrogen) atoms. The predicted octanol–water partition coefficient (Wildman–Crippen LogP) is 0.560. The maximum absolute atomic E-state index is 10.2. The van der Waals surface area contributed by atoms with E-state index in [-0.39, 0.29) is 0 Å². The summed E-state index contributed by atoms with van der Waals surface area (Å²) in [6.07, 6.45) is 4.31. The van der Waals surface area contributed by atoms with Crippen molar-refractivity contribution >= 4 is 6.29 Å². The van der Waals surface area contributed by atoms with E-state index in [0.717, 1.165) is 32.1 Å². The van der Waals surface area contributed by atoms with Crippen LogP contribution in [0.1, 0.15) is 19.3 Å². The lowest BCUT2D eigenvalue weighted by atomic mass is 10.1. The number of carbonyl (C=O) groups excluding carboxylic acids is 1. The lowest BCUT2D eigenvalue weighted by Gasteiger charge is -2.01. The fourth-order valence-corrected chi connectivity index (χ4v) is 1.45. The highest BCUT2D eigenvalue weighted by Crippen LogP contribution is 2.28. The normalized spacial score (nSPS) is 34.8. The molecule has 0 aromatic heterocycles. The Balaban J connectivity index is 2.28. The van der Waals surface area contributed by atoms with Crippen LogP contribution >= 0.6 is 0 Å². The van der Waals surface area contributed by atoms with Gasteiger partial charge in [-0.3, -0.25) is 0 Å². The van der Waals surface area contributed by atoms with Crippen molar-refractivity contribution in [2.45, 2.75) is 19.3 Å². The Morgan fingerprint density at radius 3 is 2.67 bits per heavy atom. The van der Waals surface area contributed by atoms with Crippen LogP contribution in [-0.2, 0) is 4.79 Å². The van der Waals surface area contributed by atoms with Gasteiger partial charge in [0.05, 0.1) is 0 Å². The van der Waals surface area contributed by atoms with Crippen molar-refractivity contribution in [2.24, 2.45) is 17.6 Å². The highest BCUT2D eigenvalue weighted by molar-refractivity contribution is 5.53. The third kappa shape index (κ3) is 1.52. The van der Waals surface area contributed by atoms with E-state index in [1.54, 1.807) is 0 Å². The summed E-state index contributed by atoms with van der Waals surface area (Å²) in [6, 6.07) is 0. The Hall–Kier alpha value is -0.370. The molecule has 0 spiro atoms. The summed E-state index contributed by atoms with van der Waals surface area (Å²) in [7, 11) is 0. The van der Waals surface area contributed by atoms with Gasteiger partial charge < -0.3 is 10.5 Å². The van der Waals surface area contributed by atoms with Crippen molar-refractivity contribution in [3.05, 3.63) is 0 Å². The third-order valence-corrected chi connectivity index (χ3v) is 2.11. The number of hydrogen-bond acceptors (Lipinski definition) is 2. The van der Waals surface area contributed by atoms with Crippen molar-refractivity contribution < 1.29 is 4.79 Å². The summed E-state index contributed by atoms with van der Waals surface area (Å²) >= 11 is 0. The van der Waals surface area contributed by atoms with Crippen molar-refractivity contribution in [3.63, 3.8) is 0 Å². The van der Waals surface area contributed by atoms with Gasteiger partial charge in [0.25, 0.3) is 0 Å². The molecule has 2 N–H and O–H groups in total. The number of nitrogens with two attached hydrogens (primary N) is 1. The Labute approximate surface area is 55.4 Å². The van der Waals surface area contributed by atoms with Gasteiger partial charge in [0.1, 0.15) is 6.29 Å². The lowest BCUT2D eigenvalue weighted by Crippen LogP contribution is -2.10. The zero-order chi connectivity index (χ0) is 6.69. The van der Waals surface area contributed by atoms with Crippen LogP contribution in [0.5, 0.6) is 0 Å². The van der Waals surface area contributed by atoms with Crippen LogP contribution in [0.25, 0.3) is 0 Å². The Bertz CT molecular complexity index is 103. The first-order valence-corrected chi connectivity index (χ1v) is 3.52. The first kappa shape index (κ1) is 6.75. The monoisotopic (exact) mass is 127 g/mol. The topological polar surface area (TPSA) is 43.1 Å². The highest BCUT2D eigenvalue weighted by atomic mass is 16.1. The second-order valence-electron chi connectivity index (χ2n) is 2.81. The van der Waals surface area contributed by atoms with E-state index in [0.29, 0.717) is 11.8 Å². The molecule has 2 nitrogen and oxygen atoms in total. The molecule has 0 amide bonds. The zero-order valence-corrected chi connectivity index (χ0v) is 5.55. The minimum Gasteiger partial charge on any atom is -0.330 e. The van der Waals surface area contributed by atoms with E-state index in [4.69, 9.17) is 5.73 Å². The molecule has 1 saturated carbocycles. The summed E-state index contributed by atoms with van der Waals surface area (Å²) in [6.45, 7) is 0.754. The largest absolute Gasteiger partial charge is 0.330 e. The van der Waals surface area contributed by atoms with Crippen molar-refractivity contribution in [2.75, 3.05) is 6.54 Å². The number of aldehydes is 1. The molecule has 0 aromatic rings. The van der Waals surface area contributed by atoms with Gasteiger partial charge >= 0.3 is 0 Å². The number of carbonyl (C=O) groups is 1. The van der Waals surface area contributed by atoms with Gasteiger partial charge in [-0.15, -0.1) is 0 Å². The first-order chi connectivity index (χ1) is 4.36. The second-order valence-corrected chi connectivity index (χ2v) is 2.81. The fraction of sp³-hybridized carbons (Fsp3) is 0.857. The van der Waals surface area contributed by atoms with Crippen LogP contribution in [0, 0.1) is 11.8 Å². The summed E-state index contributed by atoms with van der Waals surface area (Å²) in [5.41, 5.74) is 5.43. The Morgan fingerprint density at radius 1 is 1.56 bits per heavy atom. The van der Waals surface area contributed by atoms with Gasteiger partial charge in [-0.25, -0.2) is 0 Å². The van der Waals surface area contributed by atoms with E-state index in [1.807, 2.05) is 0 Å². The smallest absolute Gasteiger partial charge is 0.123 e. The van der Waals surface area contributed by atoms with Crippen LogP contribution in [0.4, 0.5) is 0 Å².